The number of aryl methyl sites for hydroxylation is 1. The van der Waals surface area contributed by atoms with Crippen LogP contribution in [0.25, 0.3) is 0 Å². The van der Waals surface area contributed by atoms with Crippen molar-refractivity contribution in [2.75, 3.05) is 37.7 Å². The summed E-state index contributed by atoms with van der Waals surface area (Å²) >= 11 is 0. The van der Waals surface area contributed by atoms with Crippen molar-refractivity contribution in [3.8, 4) is 0 Å². The van der Waals surface area contributed by atoms with Gasteiger partial charge in [0.1, 0.15) is 0 Å². The summed E-state index contributed by atoms with van der Waals surface area (Å²) in [6.07, 6.45) is 2.20. The van der Waals surface area contributed by atoms with Crippen molar-refractivity contribution in [2.24, 2.45) is 5.73 Å². The van der Waals surface area contributed by atoms with Gasteiger partial charge in [0.2, 0.25) is 11.9 Å². The number of hydrogen-bond donors (Lipinski definition) is 3. The number of hydrogen-bond acceptors (Lipinski definition) is 6. The molecule has 1 fully saturated rings. The van der Waals surface area contributed by atoms with Crippen molar-refractivity contribution in [3.05, 3.63) is 21.6 Å². The molecule has 0 bridgehead atoms. The Labute approximate surface area is 154 Å². The molecule has 8 nitrogen and oxygen atoms in total. The molecule has 26 heavy (non-hydrogen) atoms. The van der Waals surface area contributed by atoms with Crippen molar-refractivity contribution in [1.29, 1.82) is 0 Å². The van der Waals surface area contributed by atoms with Crippen molar-refractivity contribution in [3.63, 3.8) is 0 Å². The Morgan fingerprint density at radius 2 is 2.00 bits per heavy atom. The number of amides is 1. The van der Waals surface area contributed by atoms with Crippen LogP contribution in [0.3, 0.4) is 0 Å². The largest absolute Gasteiger partial charge is 0.378 e. The first-order chi connectivity index (χ1) is 12.4. The Bertz CT molecular complexity index is 663. The second-order valence-corrected chi connectivity index (χ2v) is 6.90. The topological polar surface area (TPSA) is 113 Å². The molecule has 1 aromatic heterocycles. The molecule has 4 N–H and O–H groups in total. The highest BCUT2D eigenvalue weighted by atomic mass is 16.5. The fraction of sp³-hybridized carbons (Fsp3) is 0.722. The Kier molecular flexibility index (Phi) is 7.16. The summed E-state index contributed by atoms with van der Waals surface area (Å²) in [5.41, 5.74) is 6.87. The van der Waals surface area contributed by atoms with Crippen molar-refractivity contribution < 1.29 is 9.53 Å². The lowest BCUT2D eigenvalue weighted by molar-refractivity contribution is -0.121. The van der Waals surface area contributed by atoms with E-state index >= 15 is 0 Å². The number of H-pyrrole nitrogens is 1. The number of anilines is 1. The number of morpholine rings is 1. The number of nitrogens with one attached hydrogen (secondary N) is 2. The third-order valence-corrected chi connectivity index (χ3v) is 5.17. The summed E-state index contributed by atoms with van der Waals surface area (Å²) in [6, 6.07) is 0. The van der Waals surface area contributed by atoms with Gasteiger partial charge < -0.3 is 20.7 Å². The third-order valence-electron chi connectivity index (χ3n) is 5.17. The quantitative estimate of drug-likeness (QED) is 0.618. The standard InChI is InChI=1S/C18H31N5O3/c1-4-18(19,5-2)12-20-15(24)7-6-14-13(3)21-17(22-16(14)25)23-8-10-26-11-9-23/h4-12,19H2,1-3H3,(H,20,24)(H,21,22,25). The van der Waals surface area contributed by atoms with Crippen LogP contribution in [0, 0.1) is 6.92 Å². The number of ether oxygens (including phenoxy) is 1. The molecule has 1 aromatic rings. The first kappa shape index (κ1) is 20.4. The number of nitrogens with zero attached hydrogens (tertiary/aromatic N) is 2. The predicted octanol–water partition coefficient (Wildman–Crippen LogP) is 0.481. The van der Waals surface area contributed by atoms with Gasteiger partial charge in [0.25, 0.3) is 5.56 Å². The van der Waals surface area contributed by atoms with E-state index in [4.69, 9.17) is 10.5 Å². The molecule has 0 radical (unpaired) electrons. The van der Waals surface area contributed by atoms with Gasteiger partial charge in [-0.15, -0.1) is 0 Å². The highest BCUT2D eigenvalue weighted by Gasteiger charge is 2.21. The Morgan fingerprint density at radius 1 is 1.35 bits per heavy atom. The maximum atomic E-state index is 12.4. The Hall–Kier alpha value is -1.93. The first-order valence-corrected chi connectivity index (χ1v) is 9.36. The minimum atomic E-state index is -0.371. The second-order valence-electron chi connectivity index (χ2n) is 6.90. The van der Waals surface area contributed by atoms with E-state index < -0.39 is 0 Å². The Morgan fingerprint density at radius 3 is 2.58 bits per heavy atom. The number of aromatic amines is 1. The number of carbonyl (C=O) groups excluding carboxylic acids is 1. The highest BCUT2D eigenvalue weighted by Crippen LogP contribution is 2.12. The van der Waals surface area contributed by atoms with E-state index in [0.717, 1.165) is 12.8 Å². The molecule has 1 aliphatic heterocycles. The fourth-order valence-corrected chi connectivity index (χ4v) is 2.92. The molecular weight excluding hydrogens is 334 g/mol. The summed E-state index contributed by atoms with van der Waals surface area (Å²) < 4.78 is 5.32. The van der Waals surface area contributed by atoms with Crippen molar-refractivity contribution in [1.82, 2.24) is 15.3 Å². The smallest absolute Gasteiger partial charge is 0.255 e. The van der Waals surface area contributed by atoms with Gasteiger partial charge in [0, 0.05) is 42.9 Å². The highest BCUT2D eigenvalue weighted by molar-refractivity contribution is 5.76. The first-order valence-electron chi connectivity index (χ1n) is 9.36. The van der Waals surface area contributed by atoms with Crippen LogP contribution in [-0.2, 0) is 16.0 Å². The minimum Gasteiger partial charge on any atom is -0.378 e. The monoisotopic (exact) mass is 365 g/mol. The molecule has 0 aromatic carbocycles. The lowest BCUT2D eigenvalue weighted by atomic mass is 9.94. The molecule has 1 aliphatic rings. The van der Waals surface area contributed by atoms with Gasteiger partial charge in [0.05, 0.1) is 13.2 Å². The molecule has 0 aliphatic carbocycles. The lowest BCUT2D eigenvalue weighted by Gasteiger charge is -2.27. The van der Waals surface area contributed by atoms with Gasteiger partial charge in [0.15, 0.2) is 0 Å². The number of rotatable bonds is 8. The third kappa shape index (κ3) is 5.28. The predicted molar refractivity (Wildman–Crippen MR) is 101 cm³/mol. The van der Waals surface area contributed by atoms with Gasteiger partial charge in [-0.05, 0) is 26.2 Å². The summed E-state index contributed by atoms with van der Waals surface area (Å²) in [5.74, 6) is 0.473. The fourth-order valence-electron chi connectivity index (χ4n) is 2.92. The lowest BCUT2D eigenvalue weighted by Crippen LogP contribution is -2.49. The number of aromatic nitrogens is 2. The zero-order valence-electron chi connectivity index (χ0n) is 16.1. The van der Waals surface area contributed by atoms with Crippen LogP contribution in [0.1, 0.15) is 44.4 Å². The maximum absolute atomic E-state index is 12.4. The van der Waals surface area contributed by atoms with Gasteiger partial charge in [-0.3, -0.25) is 14.6 Å². The van der Waals surface area contributed by atoms with Crippen LogP contribution in [-0.4, -0.2) is 54.3 Å². The molecule has 2 rings (SSSR count). The summed E-state index contributed by atoms with van der Waals surface area (Å²) in [5, 5.41) is 2.88. The maximum Gasteiger partial charge on any atom is 0.255 e. The molecule has 8 heteroatoms. The van der Waals surface area contributed by atoms with Crippen LogP contribution < -0.4 is 21.5 Å². The molecule has 0 spiro atoms. The van der Waals surface area contributed by atoms with E-state index in [1.54, 1.807) is 0 Å². The van der Waals surface area contributed by atoms with Gasteiger partial charge in [-0.2, -0.15) is 0 Å². The van der Waals surface area contributed by atoms with Crippen LogP contribution >= 0.6 is 0 Å². The van der Waals surface area contributed by atoms with Crippen LogP contribution in [0.4, 0.5) is 5.95 Å². The second kappa shape index (κ2) is 9.14. The average molecular weight is 365 g/mol. The molecule has 0 unspecified atom stereocenters. The van der Waals surface area contributed by atoms with E-state index in [1.165, 1.54) is 0 Å². The van der Waals surface area contributed by atoms with E-state index in [0.29, 0.717) is 56.5 Å². The van der Waals surface area contributed by atoms with Crippen LogP contribution in [0.5, 0.6) is 0 Å². The SMILES string of the molecule is CCC(N)(CC)CNC(=O)CCc1c(C)nc(N2CCOCC2)[nH]c1=O. The molecular formula is C18H31N5O3. The summed E-state index contributed by atoms with van der Waals surface area (Å²) in [6.45, 7) is 8.96. The Balaban J connectivity index is 1.95. The normalized spacial score (nSPS) is 15.2. The average Bonchev–Trinajstić information content (AvgIpc) is 2.66. The van der Waals surface area contributed by atoms with Gasteiger partial charge >= 0.3 is 0 Å². The van der Waals surface area contributed by atoms with Crippen molar-refractivity contribution in [2.45, 2.75) is 52.0 Å². The van der Waals surface area contributed by atoms with E-state index in [-0.39, 0.29) is 23.4 Å². The number of carbonyl (C=O) groups is 1. The molecule has 1 saturated heterocycles. The zero-order valence-corrected chi connectivity index (χ0v) is 16.1. The summed E-state index contributed by atoms with van der Waals surface area (Å²) in [4.78, 5) is 33.9. The van der Waals surface area contributed by atoms with E-state index in [1.807, 2.05) is 25.7 Å². The molecule has 1 amide bonds. The summed E-state index contributed by atoms with van der Waals surface area (Å²) in [7, 11) is 0. The van der Waals surface area contributed by atoms with Crippen molar-refractivity contribution >= 4 is 11.9 Å². The molecule has 2 heterocycles. The zero-order chi connectivity index (χ0) is 19.2. The van der Waals surface area contributed by atoms with E-state index in [9.17, 15) is 9.59 Å². The van der Waals surface area contributed by atoms with Crippen LogP contribution in [0.2, 0.25) is 0 Å². The molecule has 0 saturated carbocycles. The molecule has 146 valence electrons. The van der Waals surface area contributed by atoms with Crippen LogP contribution in [0.15, 0.2) is 4.79 Å². The minimum absolute atomic E-state index is 0.0993. The van der Waals surface area contributed by atoms with Gasteiger partial charge in [-0.1, -0.05) is 13.8 Å². The van der Waals surface area contributed by atoms with E-state index in [2.05, 4.69) is 15.3 Å². The number of nitrogens with two attached hydrogens (primary N) is 1. The van der Waals surface area contributed by atoms with Gasteiger partial charge in [-0.25, -0.2) is 4.98 Å². The molecule has 0 atom stereocenters.